The molecule has 0 aliphatic heterocycles. The molecule has 3 aromatic carbocycles. The maximum absolute atomic E-state index is 13.2. The number of carbonyl (C=O) groups excluding carboxylic acids is 1. The molecule has 1 aromatic heterocycles. The number of aromatic amines is 1. The number of halogens is 1. The minimum Gasteiger partial charge on any atom is -0.322 e. The third-order valence-corrected chi connectivity index (χ3v) is 5.71. The van der Waals surface area contributed by atoms with E-state index in [-0.39, 0.29) is 18.1 Å². The fourth-order valence-corrected chi connectivity index (χ4v) is 3.81. The third kappa shape index (κ3) is 5.01. The number of H-pyrrole nitrogens is 1. The van der Waals surface area contributed by atoms with Gasteiger partial charge < -0.3 is 15.2 Å². The van der Waals surface area contributed by atoms with Gasteiger partial charge in [0.2, 0.25) is 0 Å². The van der Waals surface area contributed by atoms with E-state index >= 15 is 0 Å². The van der Waals surface area contributed by atoms with Gasteiger partial charge in [0.05, 0.1) is 6.54 Å². The van der Waals surface area contributed by atoms with Crippen LogP contribution in [0.1, 0.15) is 22.3 Å². The zero-order valence-corrected chi connectivity index (χ0v) is 18.7. The van der Waals surface area contributed by atoms with Crippen molar-refractivity contribution in [3.8, 4) is 0 Å². The summed E-state index contributed by atoms with van der Waals surface area (Å²) in [5.41, 5.74) is 4.95. The second kappa shape index (κ2) is 9.28. The van der Waals surface area contributed by atoms with Crippen molar-refractivity contribution in [2.45, 2.75) is 26.9 Å². The van der Waals surface area contributed by atoms with Gasteiger partial charge in [-0.3, -0.25) is 4.79 Å². The molecular formula is C26H24ClN3O2. The lowest BCUT2D eigenvalue weighted by molar-refractivity contribution is 0.206. The number of benzene rings is 3. The van der Waals surface area contributed by atoms with Gasteiger partial charge in [0.25, 0.3) is 5.56 Å². The number of urea groups is 1. The largest absolute Gasteiger partial charge is 0.322 e. The summed E-state index contributed by atoms with van der Waals surface area (Å²) in [6.45, 7) is 4.58. The fraction of sp³-hybridized carbons (Fsp3) is 0.154. The molecule has 5 nitrogen and oxygen atoms in total. The van der Waals surface area contributed by atoms with Gasteiger partial charge in [-0.25, -0.2) is 4.79 Å². The number of fused-ring (bicyclic) bond motifs is 1. The van der Waals surface area contributed by atoms with Gasteiger partial charge >= 0.3 is 6.03 Å². The normalized spacial score (nSPS) is 10.8. The summed E-state index contributed by atoms with van der Waals surface area (Å²) < 4.78 is 0. The molecule has 2 amide bonds. The molecule has 0 saturated heterocycles. The highest BCUT2D eigenvalue weighted by atomic mass is 35.5. The zero-order chi connectivity index (χ0) is 22.7. The van der Waals surface area contributed by atoms with Crippen molar-refractivity contribution in [3.05, 3.63) is 110 Å². The number of hydrogen-bond acceptors (Lipinski definition) is 2. The monoisotopic (exact) mass is 445 g/mol. The first-order chi connectivity index (χ1) is 15.4. The summed E-state index contributed by atoms with van der Waals surface area (Å²) >= 11 is 6.06. The summed E-state index contributed by atoms with van der Waals surface area (Å²) in [6, 6.07) is 22.3. The number of amides is 2. The molecule has 162 valence electrons. The number of aryl methyl sites for hydroxylation is 2. The van der Waals surface area contributed by atoms with Gasteiger partial charge in [-0.1, -0.05) is 48.0 Å². The minimum atomic E-state index is -0.310. The first kappa shape index (κ1) is 21.7. The van der Waals surface area contributed by atoms with Crippen molar-refractivity contribution >= 4 is 34.2 Å². The summed E-state index contributed by atoms with van der Waals surface area (Å²) in [5, 5.41) is 4.37. The van der Waals surface area contributed by atoms with E-state index in [0.29, 0.717) is 22.8 Å². The summed E-state index contributed by atoms with van der Waals surface area (Å²) in [6.07, 6.45) is 0. The molecule has 2 N–H and O–H groups in total. The van der Waals surface area contributed by atoms with E-state index in [1.54, 1.807) is 29.2 Å². The molecule has 0 unspecified atom stereocenters. The first-order valence-electron chi connectivity index (χ1n) is 10.4. The van der Waals surface area contributed by atoms with Crippen molar-refractivity contribution in [1.82, 2.24) is 9.88 Å². The maximum atomic E-state index is 13.2. The van der Waals surface area contributed by atoms with Crippen LogP contribution in [0.5, 0.6) is 0 Å². The van der Waals surface area contributed by atoms with E-state index in [1.165, 1.54) is 0 Å². The van der Waals surface area contributed by atoms with Crippen LogP contribution < -0.4 is 10.9 Å². The average Bonchev–Trinajstić information content (AvgIpc) is 2.76. The quantitative estimate of drug-likeness (QED) is 0.393. The van der Waals surface area contributed by atoms with E-state index in [9.17, 15) is 9.59 Å². The second-order valence-corrected chi connectivity index (χ2v) is 8.37. The lowest BCUT2D eigenvalue weighted by atomic mass is 10.0. The predicted molar refractivity (Wildman–Crippen MR) is 130 cm³/mol. The molecule has 0 aliphatic carbocycles. The highest BCUT2D eigenvalue weighted by Gasteiger charge is 2.17. The Hall–Kier alpha value is -3.57. The molecule has 0 atom stereocenters. The van der Waals surface area contributed by atoms with Gasteiger partial charge in [-0.2, -0.15) is 0 Å². The number of nitrogens with zero attached hydrogens (tertiary/aromatic N) is 1. The Labute approximate surface area is 191 Å². The van der Waals surface area contributed by atoms with Crippen LogP contribution in [0.4, 0.5) is 10.5 Å². The van der Waals surface area contributed by atoms with Gasteiger partial charge in [0.1, 0.15) is 0 Å². The van der Waals surface area contributed by atoms with Crippen molar-refractivity contribution in [1.29, 1.82) is 0 Å². The van der Waals surface area contributed by atoms with Crippen LogP contribution in [0.3, 0.4) is 0 Å². The number of aromatic nitrogens is 1. The van der Waals surface area contributed by atoms with E-state index in [2.05, 4.69) is 16.4 Å². The number of carbonyl (C=O) groups is 1. The minimum absolute atomic E-state index is 0.166. The SMILES string of the molecule is Cc1cc2cc(CN(Cc3ccccc3)C(=O)Nc3cccc(Cl)c3)c(=O)[nH]c2cc1C. The standard InChI is InChI=1S/C26H24ClN3O2/c1-17-11-20-13-21(25(31)29-24(20)12-18(17)2)16-30(15-19-7-4-3-5-8-19)26(32)28-23-10-6-9-22(27)14-23/h3-14H,15-16H2,1-2H3,(H,28,32)(H,29,31). The lowest BCUT2D eigenvalue weighted by Gasteiger charge is -2.23. The van der Waals surface area contributed by atoms with Crippen molar-refractivity contribution < 1.29 is 4.79 Å². The second-order valence-electron chi connectivity index (χ2n) is 7.93. The van der Waals surface area contributed by atoms with Crippen LogP contribution in [0, 0.1) is 13.8 Å². The molecular weight excluding hydrogens is 422 g/mol. The number of pyridine rings is 1. The molecule has 0 spiro atoms. The third-order valence-electron chi connectivity index (χ3n) is 5.48. The highest BCUT2D eigenvalue weighted by molar-refractivity contribution is 6.30. The zero-order valence-electron chi connectivity index (χ0n) is 18.0. The molecule has 32 heavy (non-hydrogen) atoms. The number of rotatable bonds is 5. The Balaban J connectivity index is 1.66. The van der Waals surface area contributed by atoms with Crippen molar-refractivity contribution in [3.63, 3.8) is 0 Å². The van der Waals surface area contributed by atoms with E-state index in [4.69, 9.17) is 11.6 Å². The Morgan fingerprint density at radius 2 is 1.69 bits per heavy atom. The van der Waals surface area contributed by atoms with Crippen molar-refractivity contribution in [2.24, 2.45) is 0 Å². The lowest BCUT2D eigenvalue weighted by Crippen LogP contribution is -2.35. The van der Waals surface area contributed by atoms with Crippen molar-refractivity contribution in [2.75, 3.05) is 5.32 Å². The van der Waals surface area contributed by atoms with Gasteiger partial charge in [0, 0.05) is 28.3 Å². The van der Waals surface area contributed by atoms with Crippen LogP contribution in [-0.2, 0) is 13.1 Å². The Morgan fingerprint density at radius 1 is 0.938 bits per heavy atom. The molecule has 1 heterocycles. The van der Waals surface area contributed by atoms with Crippen LogP contribution in [0.2, 0.25) is 5.02 Å². The molecule has 6 heteroatoms. The maximum Gasteiger partial charge on any atom is 0.322 e. The predicted octanol–water partition coefficient (Wildman–Crippen LogP) is 6.03. The summed E-state index contributed by atoms with van der Waals surface area (Å²) in [5.74, 6) is 0. The first-order valence-corrected chi connectivity index (χ1v) is 10.8. The molecule has 4 aromatic rings. The Morgan fingerprint density at radius 3 is 2.44 bits per heavy atom. The number of nitrogens with one attached hydrogen (secondary N) is 2. The van der Waals surface area contributed by atoms with E-state index < -0.39 is 0 Å². The fourth-order valence-electron chi connectivity index (χ4n) is 3.62. The summed E-state index contributed by atoms with van der Waals surface area (Å²) in [7, 11) is 0. The smallest absolute Gasteiger partial charge is 0.322 e. The van der Waals surface area contributed by atoms with Crippen LogP contribution in [0.15, 0.2) is 77.6 Å². The van der Waals surface area contributed by atoms with Crippen LogP contribution in [-0.4, -0.2) is 15.9 Å². The van der Waals surface area contributed by atoms with Gasteiger partial charge in [-0.15, -0.1) is 0 Å². The average molecular weight is 446 g/mol. The molecule has 4 rings (SSSR count). The van der Waals surface area contributed by atoms with E-state index in [0.717, 1.165) is 27.6 Å². The van der Waals surface area contributed by atoms with Gasteiger partial charge in [-0.05, 0) is 72.3 Å². The Kier molecular flexibility index (Phi) is 6.28. The summed E-state index contributed by atoms with van der Waals surface area (Å²) in [4.78, 5) is 30.6. The highest BCUT2D eigenvalue weighted by Crippen LogP contribution is 2.20. The Bertz CT molecular complexity index is 1330. The van der Waals surface area contributed by atoms with Crippen LogP contribution in [0.25, 0.3) is 10.9 Å². The number of anilines is 1. The molecule has 0 radical (unpaired) electrons. The molecule has 0 bridgehead atoms. The molecule has 0 fully saturated rings. The molecule has 0 aliphatic rings. The topological polar surface area (TPSA) is 65.2 Å². The molecule has 0 saturated carbocycles. The van der Waals surface area contributed by atoms with Gasteiger partial charge in [0.15, 0.2) is 0 Å². The number of hydrogen-bond donors (Lipinski definition) is 2. The van der Waals surface area contributed by atoms with Crippen LogP contribution >= 0.6 is 11.6 Å². The van der Waals surface area contributed by atoms with E-state index in [1.807, 2.05) is 56.3 Å².